The van der Waals surface area contributed by atoms with Gasteiger partial charge in [-0.05, 0) is 24.6 Å². The third-order valence-corrected chi connectivity index (χ3v) is 5.27. The number of hydrogen-bond acceptors (Lipinski definition) is 6. The average Bonchev–Trinajstić information content (AvgIpc) is 2.94. The molecule has 128 valence electrons. The number of phenolic OH excluding ortho intramolecular Hbond substituents is 1. The number of phenols is 1. The second kappa shape index (κ2) is 6.02. The molecule has 2 aromatic heterocycles. The van der Waals surface area contributed by atoms with Crippen molar-refractivity contribution in [2.24, 2.45) is 0 Å². The largest absolute Gasteiger partial charge is 0.508 e. The van der Waals surface area contributed by atoms with Crippen LogP contribution in [-0.2, 0) is 11.3 Å². The van der Waals surface area contributed by atoms with Gasteiger partial charge in [-0.15, -0.1) is 11.3 Å². The zero-order chi connectivity index (χ0) is 17.6. The average molecular weight is 355 g/mol. The van der Waals surface area contributed by atoms with Gasteiger partial charge in [-0.25, -0.2) is 4.98 Å². The summed E-state index contributed by atoms with van der Waals surface area (Å²) in [5.41, 5.74) is 3.24. The number of benzene rings is 1. The van der Waals surface area contributed by atoms with Crippen molar-refractivity contribution in [3.8, 4) is 5.75 Å². The summed E-state index contributed by atoms with van der Waals surface area (Å²) in [7, 11) is 1.64. The summed E-state index contributed by atoms with van der Waals surface area (Å²) < 4.78 is 5.32. The van der Waals surface area contributed by atoms with Gasteiger partial charge in [-0.2, -0.15) is 0 Å². The van der Waals surface area contributed by atoms with Crippen molar-refractivity contribution in [1.29, 1.82) is 0 Å². The molecule has 1 aromatic carbocycles. The van der Waals surface area contributed by atoms with E-state index in [-0.39, 0.29) is 11.7 Å². The normalized spacial score (nSPS) is 16.4. The number of rotatable bonds is 3. The molecule has 0 saturated heterocycles. The third-order valence-electron chi connectivity index (χ3n) is 4.19. The first kappa shape index (κ1) is 15.9. The van der Waals surface area contributed by atoms with Crippen LogP contribution in [0.15, 0.2) is 30.3 Å². The predicted octanol–water partition coefficient (Wildman–Crippen LogP) is 3.31. The van der Waals surface area contributed by atoms with Crippen LogP contribution in [0.3, 0.4) is 0 Å². The molecule has 3 aromatic rings. The minimum atomic E-state index is -0.504. The van der Waals surface area contributed by atoms with E-state index in [1.807, 2.05) is 19.1 Å². The molecule has 6 nitrogen and oxygen atoms in total. The van der Waals surface area contributed by atoms with Crippen LogP contribution in [0.2, 0.25) is 0 Å². The zero-order valence-electron chi connectivity index (χ0n) is 13.8. The smallest absolute Gasteiger partial charge is 0.265 e. The summed E-state index contributed by atoms with van der Waals surface area (Å²) >= 11 is 1.36. The third kappa shape index (κ3) is 2.61. The lowest BCUT2D eigenvalue weighted by atomic mass is 10.1. The molecule has 0 spiro atoms. The zero-order valence-corrected chi connectivity index (χ0v) is 14.6. The minimum Gasteiger partial charge on any atom is -0.508 e. The number of para-hydroxylation sites is 1. The standard InChI is InChI=1S/C18H17N3O3S/c1-9-7-10(8-24-2)13-14-15(25-18(13)19-9)17(23)21-16(20-14)11-5-3-4-6-12(11)22/h3-7,16,20,22H,8H2,1-2H3,(H,21,23)/t16-/m0/s1. The molecule has 0 radical (unpaired) electrons. The maximum atomic E-state index is 12.6. The molecule has 0 bridgehead atoms. The molecule has 1 amide bonds. The van der Waals surface area contributed by atoms with Crippen LogP contribution in [0.5, 0.6) is 5.75 Å². The van der Waals surface area contributed by atoms with Crippen LogP contribution in [-0.4, -0.2) is 23.1 Å². The molecule has 1 aliphatic heterocycles. The molecule has 1 atom stereocenters. The molecular weight excluding hydrogens is 338 g/mol. The Hall–Kier alpha value is -2.64. The number of anilines is 1. The maximum absolute atomic E-state index is 12.6. The van der Waals surface area contributed by atoms with Gasteiger partial charge in [-0.3, -0.25) is 4.79 Å². The number of thiophene rings is 1. The minimum absolute atomic E-state index is 0.134. The molecule has 3 N–H and O–H groups in total. The van der Waals surface area contributed by atoms with Gasteiger partial charge in [0.15, 0.2) is 0 Å². The molecule has 1 aliphatic rings. The van der Waals surface area contributed by atoms with Gasteiger partial charge >= 0.3 is 0 Å². The number of ether oxygens (including phenoxy) is 1. The molecular formula is C18H17N3O3S. The number of nitrogens with zero attached hydrogens (tertiary/aromatic N) is 1. The number of nitrogens with one attached hydrogen (secondary N) is 2. The highest BCUT2D eigenvalue weighted by atomic mass is 32.1. The monoisotopic (exact) mass is 355 g/mol. The highest BCUT2D eigenvalue weighted by Gasteiger charge is 2.31. The number of carbonyl (C=O) groups is 1. The molecule has 0 fully saturated rings. The lowest BCUT2D eigenvalue weighted by Gasteiger charge is -2.27. The molecule has 0 unspecified atom stereocenters. The van der Waals surface area contributed by atoms with E-state index < -0.39 is 6.17 Å². The fourth-order valence-corrected chi connectivity index (χ4v) is 4.28. The van der Waals surface area contributed by atoms with Gasteiger partial charge in [0.1, 0.15) is 21.6 Å². The molecule has 3 heterocycles. The summed E-state index contributed by atoms with van der Waals surface area (Å²) in [6.07, 6.45) is -0.504. The number of amides is 1. The summed E-state index contributed by atoms with van der Waals surface area (Å²) in [4.78, 5) is 18.6. The van der Waals surface area contributed by atoms with E-state index in [1.54, 1.807) is 25.3 Å². The fourth-order valence-electron chi connectivity index (χ4n) is 3.14. The lowest BCUT2D eigenvalue weighted by Crippen LogP contribution is -2.37. The van der Waals surface area contributed by atoms with Crippen LogP contribution in [0.1, 0.15) is 32.7 Å². The number of hydrogen-bond donors (Lipinski definition) is 3. The van der Waals surface area contributed by atoms with Crippen molar-refractivity contribution in [2.45, 2.75) is 19.7 Å². The van der Waals surface area contributed by atoms with E-state index in [9.17, 15) is 9.90 Å². The van der Waals surface area contributed by atoms with Crippen molar-refractivity contribution in [2.75, 3.05) is 12.4 Å². The first-order valence-corrected chi connectivity index (χ1v) is 8.67. The topological polar surface area (TPSA) is 83.5 Å². The van der Waals surface area contributed by atoms with Crippen LogP contribution in [0.25, 0.3) is 10.2 Å². The number of aromatic hydroxyl groups is 1. The van der Waals surface area contributed by atoms with Gasteiger partial charge in [0.25, 0.3) is 5.91 Å². The Morgan fingerprint density at radius 2 is 2.12 bits per heavy atom. The molecule has 0 saturated carbocycles. The van der Waals surface area contributed by atoms with Crippen molar-refractivity contribution in [1.82, 2.24) is 10.3 Å². The maximum Gasteiger partial charge on any atom is 0.265 e. The quantitative estimate of drug-likeness (QED) is 0.671. The SMILES string of the molecule is COCc1cc(C)nc2sc3c(c12)N[C@H](c1ccccc1O)NC3=O. The Morgan fingerprint density at radius 1 is 1.32 bits per heavy atom. The molecule has 7 heteroatoms. The summed E-state index contributed by atoms with van der Waals surface area (Å²) in [6, 6.07) is 8.93. The molecule has 25 heavy (non-hydrogen) atoms. The van der Waals surface area contributed by atoms with Crippen molar-refractivity contribution >= 4 is 33.1 Å². The Bertz CT molecular complexity index is 983. The Labute approximate surface area is 148 Å². The van der Waals surface area contributed by atoms with Crippen molar-refractivity contribution in [3.05, 3.63) is 52.0 Å². The number of carbonyl (C=O) groups excluding carboxylic acids is 1. The second-order valence-electron chi connectivity index (χ2n) is 5.95. The lowest BCUT2D eigenvalue weighted by molar-refractivity contribution is 0.0940. The van der Waals surface area contributed by atoms with Gasteiger partial charge in [-0.1, -0.05) is 18.2 Å². The Morgan fingerprint density at radius 3 is 2.88 bits per heavy atom. The first-order valence-electron chi connectivity index (χ1n) is 7.85. The van der Waals surface area contributed by atoms with Crippen LogP contribution >= 0.6 is 11.3 Å². The highest BCUT2D eigenvalue weighted by molar-refractivity contribution is 7.21. The van der Waals surface area contributed by atoms with Crippen LogP contribution in [0.4, 0.5) is 5.69 Å². The number of aryl methyl sites for hydroxylation is 1. The van der Waals surface area contributed by atoms with E-state index in [0.29, 0.717) is 17.0 Å². The van der Waals surface area contributed by atoms with Crippen molar-refractivity contribution in [3.63, 3.8) is 0 Å². The Balaban J connectivity index is 1.87. The van der Waals surface area contributed by atoms with E-state index in [1.165, 1.54) is 11.3 Å². The van der Waals surface area contributed by atoms with Crippen LogP contribution in [0, 0.1) is 6.92 Å². The summed E-state index contributed by atoms with van der Waals surface area (Å²) in [6.45, 7) is 2.36. The molecule has 0 aliphatic carbocycles. The van der Waals surface area contributed by atoms with Gasteiger partial charge in [0, 0.05) is 23.8 Å². The predicted molar refractivity (Wildman–Crippen MR) is 97.0 cm³/mol. The van der Waals surface area contributed by atoms with Gasteiger partial charge in [0.2, 0.25) is 0 Å². The fraction of sp³-hybridized carbons (Fsp3) is 0.222. The first-order chi connectivity index (χ1) is 12.1. The van der Waals surface area contributed by atoms with E-state index in [0.717, 1.165) is 27.2 Å². The van der Waals surface area contributed by atoms with E-state index in [4.69, 9.17) is 4.74 Å². The summed E-state index contributed by atoms with van der Waals surface area (Å²) in [5.74, 6) is -0.0413. The second-order valence-corrected chi connectivity index (χ2v) is 6.95. The molecule has 4 rings (SSSR count). The number of methoxy groups -OCH3 is 1. The van der Waals surface area contributed by atoms with Crippen molar-refractivity contribution < 1.29 is 14.6 Å². The number of fused-ring (bicyclic) bond motifs is 3. The highest BCUT2D eigenvalue weighted by Crippen LogP contribution is 2.42. The van der Waals surface area contributed by atoms with Gasteiger partial charge < -0.3 is 20.5 Å². The van der Waals surface area contributed by atoms with Crippen LogP contribution < -0.4 is 10.6 Å². The van der Waals surface area contributed by atoms with E-state index >= 15 is 0 Å². The number of pyridine rings is 1. The number of aromatic nitrogens is 1. The van der Waals surface area contributed by atoms with Gasteiger partial charge in [0.05, 0.1) is 12.3 Å². The van der Waals surface area contributed by atoms with E-state index in [2.05, 4.69) is 15.6 Å². The summed E-state index contributed by atoms with van der Waals surface area (Å²) in [5, 5.41) is 17.3. The Kier molecular flexibility index (Phi) is 3.82.